The van der Waals surface area contributed by atoms with E-state index in [0.717, 1.165) is 14.3 Å². The predicted molar refractivity (Wildman–Crippen MR) is 59.0 cm³/mol. The average molecular weight is 251 g/mol. The Morgan fingerprint density at radius 1 is 1.29 bits per heavy atom. The first kappa shape index (κ1) is 10.2. The monoisotopic (exact) mass is 250 g/mol. The number of benzene rings is 1. The minimum Gasteiger partial charge on any atom is -0.205 e. The minimum absolute atomic E-state index is 0.0438. The molecule has 0 aliphatic carbocycles. The van der Waals surface area contributed by atoms with Gasteiger partial charge in [-0.3, -0.25) is 0 Å². The van der Waals surface area contributed by atoms with Crippen molar-refractivity contribution in [3.8, 4) is 0 Å². The summed E-state index contributed by atoms with van der Waals surface area (Å²) in [4.78, 5) is 0. The van der Waals surface area contributed by atoms with Crippen LogP contribution in [0.1, 0.15) is 12.0 Å². The summed E-state index contributed by atoms with van der Waals surface area (Å²) in [7, 11) is 0. The summed E-state index contributed by atoms with van der Waals surface area (Å²) in [6.45, 7) is 0. The molecule has 5 heteroatoms. The summed E-state index contributed by atoms with van der Waals surface area (Å²) in [6.07, 6.45) is -2.48. The molecule has 0 N–H and O–H groups in total. The summed E-state index contributed by atoms with van der Waals surface area (Å²) in [5.41, 5.74) is -0.0438. The molecule has 0 aliphatic heterocycles. The molecule has 2 aromatic rings. The van der Waals surface area contributed by atoms with E-state index < -0.39 is 6.43 Å². The zero-order chi connectivity index (χ0) is 10.3. The number of thiol groups is 1. The van der Waals surface area contributed by atoms with Crippen molar-refractivity contribution >= 4 is 45.7 Å². The lowest BCUT2D eigenvalue weighted by atomic mass is 10.2. The van der Waals surface area contributed by atoms with Gasteiger partial charge in [0.2, 0.25) is 0 Å². The van der Waals surface area contributed by atoms with Crippen LogP contribution in [0.4, 0.5) is 8.78 Å². The van der Waals surface area contributed by atoms with Gasteiger partial charge in [0, 0.05) is 20.7 Å². The van der Waals surface area contributed by atoms with E-state index in [4.69, 9.17) is 11.6 Å². The van der Waals surface area contributed by atoms with Gasteiger partial charge in [-0.05, 0) is 18.2 Å². The van der Waals surface area contributed by atoms with E-state index in [2.05, 4.69) is 12.6 Å². The van der Waals surface area contributed by atoms with Crippen molar-refractivity contribution in [3.05, 3.63) is 28.8 Å². The first-order valence-corrected chi connectivity index (χ1v) is 5.42. The molecule has 74 valence electrons. The Bertz CT molecular complexity index is 479. The number of fused-ring (bicyclic) bond motifs is 1. The fourth-order valence-electron chi connectivity index (χ4n) is 1.23. The van der Waals surface area contributed by atoms with Crippen LogP contribution in [0.25, 0.3) is 10.1 Å². The van der Waals surface area contributed by atoms with Crippen molar-refractivity contribution in [1.29, 1.82) is 0 Å². The molecule has 1 aromatic carbocycles. The van der Waals surface area contributed by atoms with Gasteiger partial charge in [-0.15, -0.1) is 24.0 Å². The second-order valence-corrected chi connectivity index (χ2v) is 5.08. The predicted octanol–water partition coefficient (Wildman–Crippen LogP) is 4.78. The highest BCUT2D eigenvalue weighted by atomic mass is 35.5. The summed E-state index contributed by atoms with van der Waals surface area (Å²) < 4.78 is 26.3. The van der Waals surface area contributed by atoms with Crippen molar-refractivity contribution in [3.63, 3.8) is 0 Å². The van der Waals surface area contributed by atoms with E-state index in [9.17, 15) is 8.78 Å². The number of hydrogen-bond donors (Lipinski definition) is 1. The van der Waals surface area contributed by atoms with Crippen molar-refractivity contribution in [2.24, 2.45) is 0 Å². The highest BCUT2D eigenvalue weighted by molar-refractivity contribution is 7.83. The maximum atomic E-state index is 12.4. The van der Waals surface area contributed by atoms with Crippen LogP contribution in [0.15, 0.2) is 22.4 Å². The minimum atomic E-state index is -2.48. The zero-order valence-corrected chi connectivity index (χ0v) is 9.27. The highest BCUT2D eigenvalue weighted by Crippen LogP contribution is 2.36. The number of hydrogen-bond acceptors (Lipinski definition) is 2. The average Bonchev–Trinajstić information content (AvgIpc) is 2.45. The van der Waals surface area contributed by atoms with Gasteiger partial charge in [-0.1, -0.05) is 11.6 Å². The summed E-state index contributed by atoms with van der Waals surface area (Å²) in [6, 6.07) is 4.53. The molecule has 0 unspecified atom stereocenters. The van der Waals surface area contributed by atoms with Gasteiger partial charge in [0.05, 0.1) is 4.21 Å². The molecule has 1 aromatic heterocycles. The number of halogens is 3. The van der Waals surface area contributed by atoms with E-state index in [1.165, 1.54) is 23.5 Å². The second kappa shape index (κ2) is 3.68. The summed E-state index contributed by atoms with van der Waals surface area (Å²) in [5.74, 6) is 0. The van der Waals surface area contributed by atoms with E-state index in [1.54, 1.807) is 6.07 Å². The first-order valence-electron chi connectivity index (χ1n) is 3.78. The molecule has 2 rings (SSSR count). The molecule has 0 saturated heterocycles. The molecule has 0 nitrogen and oxygen atoms in total. The summed E-state index contributed by atoms with van der Waals surface area (Å²) >= 11 is 11.4. The molecule has 0 bridgehead atoms. The molecular weight excluding hydrogens is 246 g/mol. The van der Waals surface area contributed by atoms with Crippen LogP contribution in [-0.4, -0.2) is 0 Å². The Hall–Kier alpha value is -0.320. The molecule has 14 heavy (non-hydrogen) atoms. The van der Waals surface area contributed by atoms with Crippen LogP contribution in [0.2, 0.25) is 5.02 Å². The van der Waals surface area contributed by atoms with E-state index in [0.29, 0.717) is 5.02 Å². The molecular formula is C9H5ClF2S2. The molecule has 0 atom stereocenters. The van der Waals surface area contributed by atoms with Crippen molar-refractivity contribution in [2.45, 2.75) is 10.6 Å². The fraction of sp³-hybridized carbons (Fsp3) is 0.111. The molecule has 0 aliphatic rings. The quantitative estimate of drug-likeness (QED) is 0.692. The topological polar surface area (TPSA) is 0 Å². The van der Waals surface area contributed by atoms with Crippen LogP contribution in [0.3, 0.4) is 0 Å². The van der Waals surface area contributed by atoms with Gasteiger partial charge in [0.1, 0.15) is 0 Å². The van der Waals surface area contributed by atoms with Gasteiger partial charge < -0.3 is 0 Å². The SMILES string of the molecule is FC(F)c1cc(Cl)c2cc(S)sc2c1. The van der Waals surface area contributed by atoms with Crippen LogP contribution in [0, 0.1) is 0 Å². The molecule has 1 heterocycles. The van der Waals surface area contributed by atoms with E-state index >= 15 is 0 Å². The summed E-state index contributed by atoms with van der Waals surface area (Å²) in [5, 5.41) is 1.14. The number of alkyl halides is 2. The third-order valence-corrected chi connectivity index (χ3v) is 3.45. The Balaban J connectivity index is 2.71. The van der Waals surface area contributed by atoms with Crippen LogP contribution >= 0.6 is 35.6 Å². The molecule has 0 radical (unpaired) electrons. The van der Waals surface area contributed by atoms with E-state index in [1.807, 2.05) is 0 Å². The number of rotatable bonds is 1. The third-order valence-electron chi connectivity index (χ3n) is 1.85. The van der Waals surface area contributed by atoms with Crippen molar-refractivity contribution in [1.82, 2.24) is 0 Å². The van der Waals surface area contributed by atoms with Crippen LogP contribution in [0.5, 0.6) is 0 Å². The van der Waals surface area contributed by atoms with Crippen LogP contribution in [-0.2, 0) is 0 Å². The lowest BCUT2D eigenvalue weighted by molar-refractivity contribution is 0.151. The Morgan fingerprint density at radius 3 is 2.64 bits per heavy atom. The third kappa shape index (κ3) is 1.74. The maximum Gasteiger partial charge on any atom is 0.263 e. The van der Waals surface area contributed by atoms with Gasteiger partial charge in [-0.2, -0.15) is 0 Å². The van der Waals surface area contributed by atoms with Crippen molar-refractivity contribution in [2.75, 3.05) is 0 Å². The largest absolute Gasteiger partial charge is 0.263 e. The molecule has 0 saturated carbocycles. The number of thiophene rings is 1. The lowest BCUT2D eigenvalue weighted by Crippen LogP contribution is -1.82. The standard InChI is InChI=1S/C9H5ClF2S2/c10-6-1-4(9(11)12)2-7-5(6)3-8(13)14-7/h1-3,9,13H. The molecule has 0 fully saturated rings. The molecule has 0 amide bonds. The normalized spacial score (nSPS) is 11.5. The smallest absolute Gasteiger partial charge is 0.205 e. The van der Waals surface area contributed by atoms with Crippen molar-refractivity contribution < 1.29 is 8.78 Å². The lowest BCUT2D eigenvalue weighted by Gasteiger charge is -2.00. The molecule has 0 spiro atoms. The van der Waals surface area contributed by atoms with Crippen LogP contribution < -0.4 is 0 Å². The zero-order valence-electron chi connectivity index (χ0n) is 6.80. The highest BCUT2D eigenvalue weighted by Gasteiger charge is 2.11. The van der Waals surface area contributed by atoms with Gasteiger partial charge >= 0.3 is 0 Å². The first-order chi connectivity index (χ1) is 6.58. The fourth-order valence-corrected chi connectivity index (χ4v) is 2.87. The Morgan fingerprint density at radius 2 is 2.00 bits per heavy atom. The maximum absolute atomic E-state index is 12.4. The Kier molecular flexibility index (Phi) is 2.68. The Labute approximate surface area is 93.9 Å². The van der Waals surface area contributed by atoms with Gasteiger partial charge in [-0.25, -0.2) is 8.78 Å². The second-order valence-electron chi connectivity index (χ2n) is 2.80. The van der Waals surface area contributed by atoms with Gasteiger partial charge in [0.25, 0.3) is 6.43 Å². The van der Waals surface area contributed by atoms with Gasteiger partial charge in [0.15, 0.2) is 0 Å². The van der Waals surface area contributed by atoms with E-state index in [-0.39, 0.29) is 5.56 Å².